The number of aromatic nitrogens is 4. The summed E-state index contributed by atoms with van der Waals surface area (Å²) >= 11 is 0.642. The average Bonchev–Trinajstić information content (AvgIpc) is 3.56. The lowest BCUT2D eigenvalue weighted by molar-refractivity contribution is -0.140. The Hall–Kier alpha value is -4.43. The van der Waals surface area contributed by atoms with E-state index in [0.717, 1.165) is 24.6 Å². The SMILES string of the molecule is O=C(O)c1ccc2nc(Cc3cc(F)c(-c4cccc(OCc5cc(C(F)(F)F)ns5)n4)cc3F)n(CC3CCO3)c2c1. The minimum absolute atomic E-state index is 0.0102. The number of rotatable bonds is 9. The number of ether oxygens (including phenoxy) is 2. The third-order valence-corrected chi connectivity index (χ3v) is 7.71. The Morgan fingerprint density at radius 1 is 1.09 bits per heavy atom. The maximum absolute atomic E-state index is 15.4. The number of fused-ring (bicyclic) bond motifs is 1. The highest BCUT2D eigenvalue weighted by atomic mass is 32.1. The molecule has 1 fully saturated rings. The van der Waals surface area contributed by atoms with Gasteiger partial charge in [-0.25, -0.2) is 23.5 Å². The van der Waals surface area contributed by atoms with Crippen molar-refractivity contribution in [2.24, 2.45) is 0 Å². The number of hydrogen-bond acceptors (Lipinski definition) is 7. The third kappa shape index (κ3) is 6.06. The molecule has 0 aliphatic carbocycles. The number of imidazole rings is 1. The molecule has 43 heavy (non-hydrogen) atoms. The highest BCUT2D eigenvalue weighted by Gasteiger charge is 2.34. The minimum Gasteiger partial charge on any atom is -0.478 e. The highest BCUT2D eigenvalue weighted by Crippen LogP contribution is 2.31. The number of halogens is 5. The second-order valence-corrected chi connectivity index (χ2v) is 10.7. The normalized spacial score (nSPS) is 15.0. The van der Waals surface area contributed by atoms with Crippen molar-refractivity contribution in [3.05, 3.63) is 93.8 Å². The van der Waals surface area contributed by atoms with E-state index in [1.54, 1.807) is 10.6 Å². The monoisotopic (exact) mass is 616 g/mol. The van der Waals surface area contributed by atoms with Gasteiger partial charge in [0.1, 0.15) is 24.1 Å². The summed E-state index contributed by atoms with van der Waals surface area (Å²) in [6, 6.07) is 11.9. The fourth-order valence-electron chi connectivity index (χ4n) is 4.67. The minimum atomic E-state index is -4.57. The van der Waals surface area contributed by atoms with Gasteiger partial charge in [0.15, 0.2) is 5.69 Å². The Morgan fingerprint density at radius 3 is 2.60 bits per heavy atom. The second kappa shape index (κ2) is 11.3. The molecular weight excluding hydrogens is 595 g/mol. The summed E-state index contributed by atoms with van der Waals surface area (Å²) in [5, 5.41) is 9.43. The van der Waals surface area contributed by atoms with Gasteiger partial charge in [0.25, 0.3) is 0 Å². The number of carboxylic acids is 1. The van der Waals surface area contributed by atoms with Gasteiger partial charge in [-0.05, 0) is 66.0 Å². The molecule has 0 spiro atoms. The van der Waals surface area contributed by atoms with Crippen LogP contribution in [0, 0.1) is 11.6 Å². The van der Waals surface area contributed by atoms with Gasteiger partial charge in [0.2, 0.25) is 5.88 Å². The van der Waals surface area contributed by atoms with Crippen LogP contribution in [0.25, 0.3) is 22.3 Å². The van der Waals surface area contributed by atoms with E-state index in [1.165, 1.54) is 30.3 Å². The lowest BCUT2D eigenvalue weighted by atomic mass is 10.0. The maximum atomic E-state index is 15.4. The van der Waals surface area contributed by atoms with Crippen LogP contribution in [0.4, 0.5) is 22.0 Å². The summed E-state index contributed by atoms with van der Waals surface area (Å²) in [7, 11) is 0. The first kappa shape index (κ1) is 28.7. The Kier molecular flexibility index (Phi) is 7.56. The van der Waals surface area contributed by atoms with E-state index >= 15 is 8.78 Å². The van der Waals surface area contributed by atoms with Gasteiger partial charge in [-0.2, -0.15) is 17.5 Å². The number of pyridine rings is 1. The smallest absolute Gasteiger partial charge is 0.434 e. The second-order valence-electron chi connectivity index (χ2n) is 9.85. The van der Waals surface area contributed by atoms with Crippen molar-refractivity contribution in [2.75, 3.05) is 6.61 Å². The lowest BCUT2D eigenvalue weighted by Crippen LogP contribution is -2.31. The number of aromatic carboxylic acids is 1. The van der Waals surface area contributed by atoms with Crippen LogP contribution < -0.4 is 4.74 Å². The number of nitrogens with zero attached hydrogens (tertiary/aromatic N) is 4. The fraction of sp³-hybridized carbons (Fsp3) is 0.241. The van der Waals surface area contributed by atoms with Crippen LogP contribution in [0.2, 0.25) is 0 Å². The van der Waals surface area contributed by atoms with Gasteiger partial charge >= 0.3 is 12.1 Å². The molecule has 6 rings (SSSR count). The average molecular weight is 617 g/mol. The van der Waals surface area contributed by atoms with Crippen molar-refractivity contribution < 1.29 is 41.3 Å². The van der Waals surface area contributed by atoms with Gasteiger partial charge in [0, 0.05) is 24.7 Å². The summed E-state index contributed by atoms with van der Waals surface area (Å²) in [5.41, 5.74) is 0.0923. The van der Waals surface area contributed by atoms with E-state index < -0.39 is 29.5 Å². The molecule has 1 unspecified atom stereocenters. The molecule has 0 saturated carbocycles. The molecule has 1 aliphatic rings. The number of carboxylic acid groups (broad SMARTS) is 1. The van der Waals surface area contributed by atoms with Crippen molar-refractivity contribution in [2.45, 2.75) is 38.3 Å². The number of benzene rings is 2. The Balaban J connectivity index is 1.25. The van der Waals surface area contributed by atoms with E-state index in [-0.39, 0.29) is 52.3 Å². The zero-order chi connectivity index (χ0) is 30.3. The molecular formula is C29H21F5N4O4S. The van der Waals surface area contributed by atoms with Crippen LogP contribution in [0.15, 0.2) is 54.6 Å². The van der Waals surface area contributed by atoms with Crippen molar-refractivity contribution in [1.82, 2.24) is 18.9 Å². The van der Waals surface area contributed by atoms with E-state index in [1.807, 2.05) is 0 Å². The van der Waals surface area contributed by atoms with Crippen LogP contribution in [-0.4, -0.2) is 42.7 Å². The maximum Gasteiger partial charge on any atom is 0.434 e. The van der Waals surface area contributed by atoms with Crippen molar-refractivity contribution in [3.8, 4) is 17.1 Å². The van der Waals surface area contributed by atoms with Gasteiger partial charge < -0.3 is 19.1 Å². The van der Waals surface area contributed by atoms with Crippen molar-refractivity contribution >= 4 is 28.5 Å². The standard InChI is InChI=1S/C29H21F5N4O4S/c30-20-12-19(22-2-1-3-27(36-22)42-14-18-11-25(37-43-18)29(32,33)34)21(31)8-16(20)10-26-35-23-5-4-15(28(39)40)9-24(23)38(26)13-17-6-7-41-17/h1-5,8-9,11-12,17H,6-7,10,13-14H2,(H,39,40). The summed E-state index contributed by atoms with van der Waals surface area (Å²) in [6.07, 6.45) is -3.93. The lowest BCUT2D eigenvalue weighted by Gasteiger charge is -2.27. The Bertz CT molecular complexity index is 1830. The summed E-state index contributed by atoms with van der Waals surface area (Å²) in [4.78, 5) is 20.5. The van der Waals surface area contributed by atoms with Crippen molar-refractivity contribution in [1.29, 1.82) is 0 Å². The quantitative estimate of drug-likeness (QED) is 0.189. The van der Waals surface area contributed by atoms with E-state index in [9.17, 15) is 23.1 Å². The Morgan fingerprint density at radius 2 is 1.91 bits per heavy atom. The first-order valence-corrected chi connectivity index (χ1v) is 13.8. The molecule has 0 amide bonds. The van der Waals surface area contributed by atoms with Crippen molar-refractivity contribution in [3.63, 3.8) is 0 Å². The molecule has 1 saturated heterocycles. The van der Waals surface area contributed by atoms with Gasteiger partial charge in [-0.1, -0.05) is 6.07 Å². The zero-order valence-electron chi connectivity index (χ0n) is 22.1. The fourth-order valence-corrected chi connectivity index (χ4v) is 5.32. The highest BCUT2D eigenvalue weighted by molar-refractivity contribution is 7.05. The summed E-state index contributed by atoms with van der Waals surface area (Å²) in [5.74, 6) is -2.13. The largest absolute Gasteiger partial charge is 0.478 e. The molecule has 8 nitrogen and oxygen atoms in total. The summed E-state index contributed by atoms with van der Waals surface area (Å²) in [6.45, 7) is 0.756. The molecule has 1 N–H and O–H groups in total. The van der Waals surface area contributed by atoms with E-state index in [2.05, 4.69) is 14.3 Å². The molecule has 5 aromatic rings. The molecule has 2 aromatic carbocycles. The molecule has 0 bridgehead atoms. The van der Waals surface area contributed by atoms with E-state index in [0.29, 0.717) is 41.5 Å². The van der Waals surface area contributed by atoms with Gasteiger partial charge in [-0.3, -0.25) is 0 Å². The Labute approximate surface area is 244 Å². The predicted octanol–water partition coefficient (Wildman–Crippen LogP) is 6.51. The molecule has 1 aliphatic heterocycles. The van der Waals surface area contributed by atoms with Crippen LogP contribution in [-0.2, 0) is 30.5 Å². The molecule has 4 heterocycles. The van der Waals surface area contributed by atoms with Crippen LogP contribution in [0.3, 0.4) is 0 Å². The topological polar surface area (TPSA) is 99.4 Å². The molecule has 3 aromatic heterocycles. The first-order valence-electron chi connectivity index (χ1n) is 13.0. The van der Waals surface area contributed by atoms with Crippen LogP contribution in [0.5, 0.6) is 5.88 Å². The zero-order valence-corrected chi connectivity index (χ0v) is 22.9. The molecule has 14 heteroatoms. The summed E-state index contributed by atoms with van der Waals surface area (Å²) < 4.78 is 85.3. The molecule has 222 valence electrons. The number of alkyl halides is 3. The van der Waals surface area contributed by atoms with Gasteiger partial charge in [-0.15, -0.1) is 0 Å². The number of carbonyl (C=O) groups is 1. The molecule has 1 atom stereocenters. The van der Waals surface area contributed by atoms with Crippen LogP contribution in [0.1, 0.15) is 38.7 Å². The van der Waals surface area contributed by atoms with E-state index in [4.69, 9.17) is 9.47 Å². The van der Waals surface area contributed by atoms with Gasteiger partial charge in [0.05, 0.1) is 39.8 Å². The predicted molar refractivity (Wildman–Crippen MR) is 145 cm³/mol. The third-order valence-electron chi connectivity index (χ3n) is 6.95. The van der Waals surface area contributed by atoms with Crippen LogP contribution >= 0.6 is 11.5 Å². The first-order chi connectivity index (χ1) is 20.5. The molecule has 0 radical (unpaired) electrons. The number of hydrogen-bond donors (Lipinski definition) is 1.